The predicted molar refractivity (Wildman–Crippen MR) is 113 cm³/mol. The molecule has 156 valence electrons. The van der Waals surface area contributed by atoms with Gasteiger partial charge in [0.05, 0.1) is 6.10 Å². The molecular weight excluding hydrogens is 388 g/mol. The second-order valence-electron chi connectivity index (χ2n) is 7.65. The molecule has 1 aromatic carbocycles. The van der Waals surface area contributed by atoms with E-state index >= 15 is 0 Å². The standard InChI is InChI=1S/C21H28N4O3S/c1-2-19(27)15-5-9-18(10-6-15)28-13-17(26)14-29-21-23-22-20(24-11-3-4-12-24)25(21)16-7-8-16/h5-6,9-10,16-17,26H,2-4,7-8,11-14H2,1H3. The first-order valence-electron chi connectivity index (χ1n) is 10.4. The van der Waals surface area contributed by atoms with Gasteiger partial charge in [-0.3, -0.25) is 9.36 Å². The fourth-order valence-electron chi connectivity index (χ4n) is 3.51. The largest absolute Gasteiger partial charge is 0.491 e. The third-order valence-electron chi connectivity index (χ3n) is 5.29. The molecule has 8 heteroatoms. The van der Waals surface area contributed by atoms with Crippen LogP contribution in [0.4, 0.5) is 5.95 Å². The van der Waals surface area contributed by atoms with Crippen molar-refractivity contribution in [2.45, 2.75) is 56.3 Å². The molecule has 1 atom stereocenters. The van der Waals surface area contributed by atoms with Gasteiger partial charge in [0.25, 0.3) is 0 Å². The summed E-state index contributed by atoms with van der Waals surface area (Å²) in [5.41, 5.74) is 0.684. The van der Waals surface area contributed by atoms with E-state index in [1.54, 1.807) is 24.3 Å². The molecule has 4 rings (SSSR count). The topological polar surface area (TPSA) is 80.5 Å². The lowest BCUT2D eigenvalue weighted by atomic mass is 10.1. The van der Waals surface area contributed by atoms with Gasteiger partial charge in [-0.25, -0.2) is 0 Å². The lowest BCUT2D eigenvalue weighted by Gasteiger charge is -2.18. The van der Waals surface area contributed by atoms with Crippen molar-refractivity contribution in [3.8, 4) is 5.75 Å². The highest BCUT2D eigenvalue weighted by atomic mass is 32.2. The zero-order valence-corrected chi connectivity index (χ0v) is 17.6. The van der Waals surface area contributed by atoms with Gasteiger partial charge >= 0.3 is 0 Å². The SMILES string of the molecule is CCC(=O)c1ccc(OCC(O)CSc2nnc(N3CCCC3)n2C2CC2)cc1. The Morgan fingerprint density at radius 2 is 1.97 bits per heavy atom. The zero-order chi connectivity index (χ0) is 20.2. The predicted octanol–water partition coefficient (Wildman–Crippen LogP) is 3.34. The van der Waals surface area contributed by atoms with Crippen molar-refractivity contribution in [3.63, 3.8) is 0 Å². The number of Topliss-reactive ketones (excluding diaryl/α,β-unsaturated/α-hetero) is 1. The van der Waals surface area contributed by atoms with Crippen LogP contribution in [0.2, 0.25) is 0 Å². The number of anilines is 1. The van der Waals surface area contributed by atoms with Crippen molar-refractivity contribution in [2.24, 2.45) is 0 Å². The van der Waals surface area contributed by atoms with Gasteiger partial charge in [0.15, 0.2) is 10.9 Å². The van der Waals surface area contributed by atoms with Gasteiger partial charge < -0.3 is 14.7 Å². The summed E-state index contributed by atoms with van der Waals surface area (Å²) >= 11 is 1.54. The smallest absolute Gasteiger partial charge is 0.228 e. The van der Waals surface area contributed by atoms with Crippen LogP contribution in [0, 0.1) is 0 Å². The number of hydrogen-bond donors (Lipinski definition) is 1. The second kappa shape index (κ2) is 9.17. The average molecular weight is 417 g/mol. The number of hydrogen-bond acceptors (Lipinski definition) is 7. The van der Waals surface area contributed by atoms with E-state index in [0.29, 0.717) is 29.5 Å². The number of benzene rings is 1. The zero-order valence-electron chi connectivity index (χ0n) is 16.8. The number of thioether (sulfide) groups is 1. The Labute approximate surface area is 175 Å². The lowest BCUT2D eigenvalue weighted by molar-refractivity contribution is 0.0987. The van der Waals surface area contributed by atoms with Gasteiger partial charge in [-0.15, -0.1) is 10.2 Å². The molecule has 1 aliphatic carbocycles. The minimum atomic E-state index is -0.614. The number of rotatable bonds is 10. The first-order chi connectivity index (χ1) is 14.2. The molecule has 0 amide bonds. The summed E-state index contributed by atoms with van der Waals surface area (Å²) in [5.74, 6) is 2.25. The number of ether oxygens (including phenoxy) is 1. The highest BCUT2D eigenvalue weighted by Gasteiger charge is 2.32. The fourth-order valence-corrected chi connectivity index (χ4v) is 4.41. The van der Waals surface area contributed by atoms with Crippen LogP contribution in [0.15, 0.2) is 29.4 Å². The third kappa shape index (κ3) is 4.93. The van der Waals surface area contributed by atoms with E-state index in [4.69, 9.17) is 4.74 Å². The quantitative estimate of drug-likeness (QED) is 0.470. The van der Waals surface area contributed by atoms with E-state index < -0.39 is 6.10 Å². The third-order valence-corrected chi connectivity index (χ3v) is 6.38. The molecule has 0 spiro atoms. The first-order valence-corrected chi connectivity index (χ1v) is 11.4. The molecule has 1 saturated carbocycles. The van der Waals surface area contributed by atoms with Gasteiger partial charge in [-0.1, -0.05) is 18.7 Å². The van der Waals surface area contributed by atoms with Gasteiger partial charge in [-0.2, -0.15) is 0 Å². The molecule has 1 aliphatic heterocycles. The highest BCUT2D eigenvalue weighted by molar-refractivity contribution is 7.99. The maximum atomic E-state index is 11.7. The summed E-state index contributed by atoms with van der Waals surface area (Å²) in [6.07, 6.45) is 4.65. The molecule has 7 nitrogen and oxygen atoms in total. The summed E-state index contributed by atoms with van der Waals surface area (Å²) in [5, 5.41) is 20.1. The maximum absolute atomic E-state index is 11.7. The van der Waals surface area contributed by atoms with Crippen LogP contribution >= 0.6 is 11.8 Å². The Morgan fingerprint density at radius 1 is 1.24 bits per heavy atom. The number of aliphatic hydroxyl groups excluding tert-OH is 1. The minimum Gasteiger partial charge on any atom is -0.491 e. The van der Waals surface area contributed by atoms with Gasteiger partial charge in [0.2, 0.25) is 5.95 Å². The van der Waals surface area contributed by atoms with Gasteiger partial charge in [-0.05, 0) is 49.9 Å². The first kappa shape index (κ1) is 20.2. The molecule has 2 fully saturated rings. The molecule has 0 radical (unpaired) electrons. The van der Waals surface area contributed by atoms with Crippen LogP contribution in [0.5, 0.6) is 5.75 Å². The fraction of sp³-hybridized carbons (Fsp3) is 0.571. The van der Waals surface area contributed by atoms with Crippen molar-refractivity contribution in [1.82, 2.24) is 14.8 Å². The molecule has 2 aliphatic rings. The summed E-state index contributed by atoms with van der Waals surface area (Å²) in [6, 6.07) is 7.57. The van der Waals surface area contributed by atoms with Crippen LogP contribution in [0.1, 0.15) is 55.4 Å². The maximum Gasteiger partial charge on any atom is 0.228 e. The summed E-state index contributed by atoms with van der Waals surface area (Å²) in [6.45, 7) is 4.15. The summed E-state index contributed by atoms with van der Waals surface area (Å²) in [4.78, 5) is 14.0. The van der Waals surface area contributed by atoms with E-state index in [-0.39, 0.29) is 12.4 Å². The highest BCUT2D eigenvalue weighted by Crippen LogP contribution is 2.41. The van der Waals surface area contributed by atoms with E-state index in [2.05, 4.69) is 19.7 Å². The monoisotopic (exact) mass is 416 g/mol. The molecule has 2 heterocycles. The van der Waals surface area contributed by atoms with Gasteiger partial charge in [0, 0.05) is 36.9 Å². The van der Waals surface area contributed by atoms with E-state index in [9.17, 15) is 9.90 Å². The average Bonchev–Trinajstić information content (AvgIpc) is 3.27. The van der Waals surface area contributed by atoms with Crippen molar-refractivity contribution in [2.75, 3.05) is 30.3 Å². The summed E-state index contributed by atoms with van der Waals surface area (Å²) in [7, 11) is 0. The van der Waals surface area contributed by atoms with Crippen molar-refractivity contribution < 1.29 is 14.6 Å². The molecular formula is C21H28N4O3S. The van der Waals surface area contributed by atoms with E-state index in [0.717, 1.165) is 24.2 Å². The minimum absolute atomic E-state index is 0.112. The Balaban J connectivity index is 1.29. The molecule has 29 heavy (non-hydrogen) atoms. The van der Waals surface area contributed by atoms with Crippen molar-refractivity contribution in [1.29, 1.82) is 0 Å². The van der Waals surface area contributed by atoms with Gasteiger partial charge in [0.1, 0.15) is 12.4 Å². The second-order valence-corrected chi connectivity index (χ2v) is 8.64. The van der Waals surface area contributed by atoms with Crippen LogP contribution in [0.25, 0.3) is 0 Å². The Morgan fingerprint density at radius 3 is 2.62 bits per heavy atom. The lowest BCUT2D eigenvalue weighted by Crippen LogP contribution is -2.22. The molecule has 1 aromatic heterocycles. The van der Waals surface area contributed by atoms with Crippen LogP contribution < -0.4 is 9.64 Å². The van der Waals surface area contributed by atoms with E-state index in [1.165, 1.54) is 37.4 Å². The van der Waals surface area contributed by atoms with Crippen LogP contribution in [0.3, 0.4) is 0 Å². The molecule has 1 saturated heterocycles. The van der Waals surface area contributed by atoms with E-state index in [1.807, 2.05) is 6.92 Å². The Kier molecular flexibility index (Phi) is 6.40. The number of carbonyl (C=O) groups excluding carboxylic acids is 1. The number of nitrogens with zero attached hydrogens (tertiary/aromatic N) is 4. The van der Waals surface area contributed by atoms with Crippen LogP contribution in [-0.2, 0) is 0 Å². The Bertz CT molecular complexity index is 829. The van der Waals surface area contributed by atoms with Crippen LogP contribution in [-0.4, -0.2) is 57.2 Å². The molecule has 1 unspecified atom stereocenters. The number of aliphatic hydroxyl groups is 1. The molecule has 2 aromatic rings. The number of carbonyl (C=O) groups is 1. The van der Waals surface area contributed by atoms with Crippen molar-refractivity contribution >= 4 is 23.5 Å². The number of ketones is 1. The Hall–Kier alpha value is -2.06. The van der Waals surface area contributed by atoms with Crippen molar-refractivity contribution in [3.05, 3.63) is 29.8 Å². The number of aromatic nitrogens is 3. The molecule has 1 N–H and O–H groups in total. The molecule has 0 bridgehead atoms. The normalized spacial score (nSPS) is 17.5. The summed E-state index contributed by atoms with van der Waals surface area (Å²) < 4.78 is 7.93.